The Morgan fingerprint density at radius 2 is 1.79 bits per heavy atom. The highest BCUT2D eigenvalue weighted by Gasteiger charge is 2.57. The van der Waals surface area contributed by atoms with E-state index in [4.69, 9.17) is 4.74 Å². The molecule has 0 N–H and O–H groups in total. The maximum absolute atomic E-state index is 15.7. The van der Waals surface area contributed by atoms with Crippen molar-refractivity contribution in [1.82, 2.24) is 14.3 Å². The molecule has 2 fully saturated rings. The molecule has 2 saturated heterocycles. The van der Waals surface area contributed by atoms with Crippen LogP contribution in [0.2, 0.25) is 0 Å². The first-order valence-electron chi connectivity index (χ1n) is 10.6. The van der Waals surface area contributed by atoms with Crippen molar-refractivity contribution in [2.45, 2.75) is 30.1 Å². The van der Waals surface area contributed by atoms with E-state index in [1.165, 1.54) is 19.2 Å². The number of hydrogen-bond donors (Lipinski definition) is 0. The molecule has 3 aromatic rings. The third kappa shape index (κ3) is 3.60. The molecule has 2 aromatic carbocycles. The van der Waals surface area contributed by atoms with Crippen molar-refractivity contribution in [2.24, 2.45) is 0 Å². The lowest BCUT2D eigenvalue weighted by Crippen LogP contribution is -2.62. The second kappa shape index (κ2) is 8.14. The van der Waals surface area contributed by atoms with Crippen LogP contribution in [-0.2, 0) is 14.8 Å². The SMILES string of the molecule is Cc1cc(S(=O)(=O)N2CCO[C@]23CCN(c2cnc4cc(F)c(F)cc4n2)C[C@@H]3F)ccc1F. The Morgan fingerprint density at radius 3 is 2.50 bits per heavy atom. The van der Waals surface area contributed by atoms with E-state index in [0.717, 1.165) is 28.6 Å². The van der Waals surface area contributed by atoms with Crippen molar-refractivity contribution in [3.8, 4) is 0 Å². The first-order chi connectivity index (χ1) is 16.1. The van der Waals surface area contributed by atoms with Gasteiger partial charge in [-0.1, -0.05) is 0 Å². The number of anilines is 1. The van der Waals surface area contributed by atoms with Gasteiger partial charge >= 0.3 is 0 Å². The van der Waals surface area contributed by atoms with Gasteiger partial charge in [-0.3, -0.25) is 4.98 Å². The maximum Gasteiger partial charge on any atom is 0.245 e. The summed E-state index contributed by atoms with van der Waals surface area (Å²) in [7, 11) is -4.16. The minimum atomic E-state index is -4.16. The lowest BCUT2D eigenvalue weighted by molar-refractivity contribution is -0.116. The van der Waals surface area contributed by atoms with Gasteiger partial charge < -0.3 is 9.64 Å². The molecule has 0 amide bonds. The van der Waals surface area contributed by atoms with Crippen LogP contribution in [0.15, 0.2) is 41.4 Å². The van der Waals surface area contributed by atoms with E-state index < -0.39 is 39.4 Å². The highest BCUT2D eigenvalue weighted by Crippen LogP contribution is 2.41. The summed E-state index contributed by atoms with van der Waals surface area (Å²) < 4.78 is 89.7. The minimum absolute atomic E-state index is 0.00886. The summed E-state index contributed by atoms with van der Waals surface area (Å²) in [5, 5.41) is 0. The largest absolute Gasteiger partial charge is 0.355 e. The van der Waals surface area contributed by atoms with Crippen LogP contribution < -0.4 is 4.90 Å². The third-order valence-electron chi connectivity index (χ3n) is 6.29. The maximum atomic E-state index is 15.7. The molecule has 5 rings (SSSR count). The van der Waals surface area contributed by atoms with Gasteiger partial charge in [0.1, 0.15) is 11.6 Å². The number of aryl methyl sites for hydroxylation is 1. The summed E-state index contributed by atoms with van der Waals surface area (Å²) >= 11 is 0. The van der Waals surface area contributed by atoms with Gasteiger partial charge in [0, 0.05) is 31.6 Å². The van der Waals surface area contributed by atoms with E-state index in [9.17, 15) is 21.6 Å². The van der Waals surface area contributed by atoms with Crippen molar-refractivity contribution < 1.29 is 30.7 Å². The van der Waals surface area contributed by atoms with Crippen molar-refractivity contribution >= 4 is 26.9 Å². The van der Waals surface area contributed by atoms with Gasteiger partial charge in [0.15, 0.2) is 23.5 Å². The van der Waals surface area contributed by atoms with E-state index in [1.807, 2.05) is 0 Å². The van der Waals surface area contributed by atoms with Gasteiger partial charge in [-0.2, -0.15) is 4.31 Å². The first-order valence-corrected chi connectivity index (χ1v) is 12.0. The van der Waals surface area contributed by atoms with Crippen LogP contribution in [0, 0.1) is 24.4 Å². The topological polar surface area (TPSA) is 75.6 Å². The number of fused-ring (bicyclic) bond motifs is 1. The number of halogens is 4. The van der Waals surface area contributed by atoms with Crippen LogP contribution in [-0.4, -0.2) is 60.8 Å². The van der Waals surface area contributed by atoms with Crippen LogP contribution in [0.25, 0.3) is 11.0 Å². The molecule has 0 radical (unpaired) electrons. The summed E-state index contributed by atoms with van der Waals surface area (Å²) in [5.74, 6) is -2.41. The third-order valence-corrected chi connectivity index (χ3v) is 8.21. The molecule has 1 aromatic heterocycles. The fourth-order valence-electron chi connectivity index (χ4n) is 4.48. The van der Waals surface area contributed by atoms with Crippen molar-refractivity contribution in [2.75, 3.05) is 31.1 Å². The van der Waals surface area contributed by atoms with E-state index in [2.05, 4.69) is 9.97 Å². The molecule has 0 unspecified atom stereocenters. The Kier molecular flexibility index (Phi) is 5.49. The van der Waals surface area contributed by atoms with E-state index >= 15 is 4.39 Å². The summed E-state index contributed by atoms with van der Waals surface area (Å²) in [6.07, 6.45) is -0.427. The number of ether oxygens (including phenoxy) is 1. The highest BCUT2D eigenvalue weighted by atomic mass is 32.2. The van der Waals surface area contributed by atoms with Gasteiger partial charge in [0.2, 0.25) is 10.0 Å². The summed E-state index contributed by atoms with van der Waals surface area (Å²) in [5.41, 5.74) is -1.29. The molecule has 2 atom stereocenters. The zero-order chi connectivity index (χ0) is 24.3. The number of benzene rings is 2. The highest BCUT2D eigenvalue weighted by molar-refractivity contribution is 7.89. The van der Waals surface area contributed by atoms with Crippen LogP contribution in [0.1, 0.15) is 12.0 Å². The summed E-state index contributed by atoms with van der Waals surface area (Å²) in [4.78, 5) is 9.76. The number of alkyl halides is 1. The van der Waals surface area contributed by atoms with Gasteiger partial charge in [0.25, 0.3) is 0 Å². The van der Waals surface area contributed by atoms with Crippen molar-refractivity contribution in [3.05, 3.63) is 59.5 Å². The average molecular weight is 496 g/mol. The van der Waals surface area contributed by atoms with E-state index in [1.54, 1.807) is 4.90 Å². The van der Waals surface area contributed by atoms with Crippen molar-refractivity contribution in [3.63, 3.8) is 0 Å². The van der Waals surface area contributed by atoms with Gasteiger partial charge in [-0.05, 0) is 30.7 Å². The second-order valence-electron chi connectivity index (χ2n) is 8.33. The number of piperidine rings is 1. The summed E-state index contributed by atoms with van der Waals surface area (Å²) in [6.45, 7) is 1.35. The molecular formula is C22H20F4N4O3S. The molecule has 180 valence electrons. The lowest BCUT2D eigenvalue weighted by atomic mass is 9.98. The number of sulfonamides is 1. The standard InChI is InChI=1S/C22H20F4N4O3S/c1-13-8-14(2-3-15(13)23)34(31,32)30-6-7-33-22(30)4-5-29(12-20(22)26)21-11-27-18-9-16(24)17(25)10-19(18)28-21/h2-3,8-11,20H,4-7,12H2,1H3/t20-,22-/m0/s1. The Hall–Kier alpha value is -2.83. The van der Waals surface area contributed by atoms with E-state index in [-0.39, 0.29) is 60.0 Å². The van der Waals surface area contributed by atoms with Gasteiger partial charge in [0.05, 0.1) is 35.3 Å². The second-order valence-corrected chi connectivity index (χ2v) is 10.2. The monoisotopic (exact) mass is 496 g/mol. The molecule has 2 aliphatic heterocycles. The number of aromatic nitrogens is 2. The minimum Gasteiger partial charge on any atom is -0.355 e. The van der Waals surface area contributed by atoms with Crippen LogP contribution in [0.5, 0.6) is 0 Å². The molecule has 12 heteroatoms. The smallest absolute Gasteiger partial charge is 0.245 e. The molecular weight excluding hydrogens is 476 g/mol. The molecule has 0 bridgehead atoms. The Bertz CT molecular complexity index is 1390. The van der Waals surface area contributed by atoms with Gasteiger partial charge in [-0.15, -0.1) is 0 Å². The molecule has 34 heavy (non-hydrogen) atoms. The zero-order valence-electron chi connectivity index (χ0n) is 18.0. The Labute approximate surface area is 193 Å². The predicted octanol–water partition coefficient (Wildman–Crippen LogP) is 3.32. The molecule has 0 saturated carbocycles. The Morgan fingerprint density at radius 1 is 1.06 bits per heavy atom. The van der Waals surface area contributed by atoms with Crippen LogP contribution in [0.4, 0.5) is 23.4 Å². The zero-order valence-corrected chi connectivity index (χ0v) is 18.8. The fourth-order valence-corrected chi connectivity index (χ4v) is 6.28. The fraction of sp³-hybridized carbons (Fsp3) is 0.364. The normalized spacial score (nSPS) is 23.8. The van der Waals surface area contributed by atoms with Crippen molar-refractivity contribution in [1.29, 1.82) is 0 Å². The first kappa shape index (κ1) is 22.9. The number of hydrogen-bond acceptors (Lipinski definition) is 6. The number of rotatable bonds is 3. The molecule has 3 heterocycles. The summed E-state index contributed by atoms with van der Waals surface area (Å²) in [6, 6.07) is 5.27. The van der Waals surface area contributed by atoms with Gasteiger partial charge in [-0.25, -0.2) is 31.0 Å². The van der Waals surface area contributed by atoms with Crippen LogP contribution in [0.3, 0.4) is 0 Å². The quantitative estimate of drug-likeness (QED) is 0.518. The molecule has 0 aliphatic carbocycles. The predicted molar refractivity (Wildman–Crippen MR) is 115 cm³/mol. The lowest BCUT2D eigenvalue weighted by Gasteiger charge is -2.45. The molecule has 7 nitrogen and oxygen atoms in total. The van der Waals surface area contributed by atoms with Crippen LogP contribution >= 0.6 is 0 Å². The molecule has 2 aliphatic rings. The Balaban J connectivity index is 1.42. The molecule has 1 spiro atoms. The average Bonchev–Trinajstić information content (AvgIpc) is 3.23. The van der Waals surface area contributed by atoms with E-state index in [0.29, 0.717) is 0 Å². The number of nitrogens with zero attached hydrogens (tertiary/aromatic N) is 4.